The van der Waals surface area contributed by atoms with Crippen LogP contribution in [0.25, 0.3) is 0 Å². The molecule has 1 aromatic rings. The summed E-state index contributed by atoms with van der Waals surface area (Å²) in [6.07, 6.45) is 17.9. The summed E-state index contributed by atoms with van der Waals surface area (Å²) in [5.41, 5.74) is 0.166. The molecule has 0 aromatic carbocycles. The van der Waals surface area contributed by atoms with Crippen molar-refractivity contribution in [2.24, 2.45) is 17.3 Å². The summed E-state index contributed by atoms with van der Waals surface area (Å²) >= 11 is 1.87. The average molecular weight is 689 g/mol. The van der Waals surface area contributed by atoms with Gasteiger partial charge in [-0.25, -0.2) is 0 Å². The molecule has 0 aliphatic heterocycles. The highest BCUT2D eigenvalue weighted by atomic mass is 32.1. The number of carbonyl (C=O) groups is 2. The minimum Gasteiger partial charge on any atom is -0.469 e. The lowest BCUT2D eigenvalue weighted by molar-refractivity contribution is -0.140. The van der Waals surface area contributed by atoms with Crippen molar-refractivity contribution in [2.45, 2.75) is 154 Å². The number of carbonyl (C=O) groups excluding carboxylic acids is 2. The molecule has 260 valence electrons. The van der Waals surface area contributed by atoms with Gasteiger partial charge in [0.1, 0.15) is 5.78 Å². The van der Waals surface area contributed by atoms with Gasteiger partial charge in [-0.05, 0) is 99.1 Å². The Morgan fingerprint density at radius 2 is 1.67 bits per heavy atom. The Kier molecular flexibility index (Phi) is 13.5. The third kappa shape index (κ3) is 10.1. The fourth-order valence-corrected chi connectivity index (χ4v) is 10.00. The molecule has 2 aliphatic carbocycles. The van der Waals surface area contributed by atoms with Gasteiger partial charge in [0, 0.05) is 35.0 Å². The van der Waals surface area contributed by atoms with Gasteiger partial charge in [0.05, 0.1) is 19.3 Å². The smallest absolute Gasteiger partial charge is 0.305 e. The summed E-state index contributed by atoms with van der Waals surface area (Å²) in [7, 11) is -2.51. The highest BCUT2D eigenvalue weighted by Gasteiger charge is 2.51. The Hall–Kier alpha value is -1.33. The van der Waals surface area contributed by atoms with Crippen molar-refractivity contribution in [3.8, 4) is 0 Å². The van der Waals surface area contributed by atoms with Crippen molar-refractivity contribution < 1.29 is 23.2 Å². The number of esters is 1. The van der Waals surface area contributed by atoms with E-state index in [1.165, 1.54) is 18.4 Å². The molecule has 0 bridgehead atoms. The number of rotatable bonds is 16. The van der Waals surface area contributed by atoms with Crippen molar-refractivity contribution in [1.82, 2.24) is 0 Å². The van der Waals surface area contributed by atoms with Gasteiger partial charge in [-0.3, -0.25) is 9.59 Å². The van der Waals surface area contributed by atoms with Crippen LogP contribution in [0.1, 0.15) is 104 Å². The molecule has 3 rings (SSSR count). The van der Waals surface area contributed by atoms with Gasteiger partial charge in [-0.2, -0.15) is 0 Å². The number of hydrogen-bond donors (Lipinski definition) is 0. The number of unbranched alkanes of at least 4 members (excludes halogenated alkanes) is 1. The topological polar surface area (TPSA) is 61.8 Å². The van der Waals surface area contributed by atoms with E-state index in [4.69, 9.17) is 13.6 Å². The van der Waals surface area contributed by atoms with E-state index in [-0.39, 0.29) is 39.4 Å². The van der Waals surface area contributed by atoms with Crippen LogP contribution in [-0.2, 0) is 29.6 Å². The van der Waals surface area contributed by atoms with Crippen molar-refractivity contribution in [1.29, 1.82) is 0 Å². The molecule has 5 atom stereocenters. The van der Waals surface area contributed by atoms with Crippen LogP contribution >= 0.6 is 11.3 Å². The fourth-order valence-electron chi connectivity index (χ4n) is 6.36. The maximum atomic E-state index is 13.5. The van der Waals surface area contributed by atoms with Gasteiger partial charge in [0.15, 0.2) is 16.6 Å². The molecule has 2 aliphatic rings. The SMILES string of the molecule is COC(=O)CCC/C=C\C[C@H]1C(=O)C[C@@H](O[Si](C)(C)C(C)(C)C)[C@@H]1/C=C/CCC1(Cc2cccs2)CCC1O[Si](C)(C)C(C)(C)C. The molecule has 0 radical (unpaired) electrons. The zero-order valence-corrected chi connectivity index (χ0v) is 33.7. The molecule has 1 heterocycles. The third-order valence-corrected chi connectivity index (χ3v) is 21.5. The molecule has 2 fully saturated rings. The van der Waals surface area contributed by atoms with Gasteiger partial charge in [-0.1, -0.05) is 71.9 Å². The largest absolute Gasteiger partial charge is 0.469 e. The Morgan fingerprint density at radius 1 is 1.00 bits per heavy atom. The number of thiophene rings is 1. The van der Waals surface area contributed by atoms with Crippen LogP contribution in [0.3, 0.4) is 0 Å². The molecule has 0 amide bonds. The van der Waals surface area contributed by atoms with Crippen molar-refractivity contribution in [3.63, 3.8) is 0 Å². The first-order chi connectivity index (χ1) is 21.3. The highest BCUT2D eigenvalue weighted by molar-refractivity contribution is 7.09. The highest BCUT2D eigenvalue weighted by Crippen LogP contribution is 2.53. The minimum atomic E-state index is -2.05. The Morgan fingerprint density at radius 3 is 2.24 bits per heavy atom. The van der Waals surface area contributed by atoms with E-state index in [1.54, 1.807) is 0 Å². The predicted molar refractivity (Wildman–Crippen MR) is 198 cm³/mol. The van der Waals surface area contributed by atoms with Gasteiger partial charge in [0.2, 0.25) is 0 Å². The van der Waals surface area contributed by atoms with Gasteiger partial charge < -0.3 is 13.6 Å². The second kappa shape index (κ2) is 15.9. The van der Waals surface area contributed by atoms with Crippen molar-refractivity contribution in [3.05, 3.63) is 46.7 Å². The summed E-state index contributed by atoms with van der Waals surface area (Å²) in [4.78, 5) is 26.4. The minimum absolute atomic E-state index is 0.0682. The van der Waals surface area contributed by atoms with E-state index in [0.29, 0.717) is 31.1 Å². The molecule has 0 N–H and O–H groups in total. The quantitative estimate of drug-likeness (QED) is 0.0749. The Balaban J connectivity index is 1.76. The van der Waals surface area contributed by atoms with Gasteiger partial charge in [0.25, 0.3) is 0 Å². The number of ketones is 1. The number of methoxy groups -OCH3 is 1. The average Bonchev–Trinajstić information content (AvgIpc) is 3.55. The normalized spacial score (nSPS) is 26.3. The fraction of sp³-hybridized carbons (Fsp3) is 0.737. The van der Waals surface area contributed by atoms with E-state index in [1.807, 2.05) is 11.3 Å². The summed E-state index contributed by atoms with van der Waals surface area (Å²) in [6, 6.07) is 4.45. The maximum Gasteiger partial charge on any atom is 0.305 e. The summed E-state index contributed by atoms with van der Waals surface area (Å²) in [6.45, 7) is 23.2. The van der Waals surface area contributed by atoms with Gasteiger partial charge in [-0.15, -0.1) is 11.3 Å². The van der Waals surface area contributed by atoms with Crippen LogP contribution < -0.4 is 0 Å². The van der Waals surface area contributed by atoms with Crippen LogP contribution in [0.2, 0.25) is 36.3 Å². The molecular weight excluding hydrogens is 625 g/mol. The summed E-state index contributed by atoms with van der Waals surface area (Å²) in [5.74, 6) is 0.150. The first kappa shape index (κ1) is 39.1. The lowest BCUT2D eigenvalue weighted by Gasteiger charge is -2.54. The van der Waals surface area contributed by atoms with E-state index >= 15 is 0 Å². The Labute approximate surface area is 287 Å². The standard InChI is InChI=1S/C38H64O5SSi2/c1-36(2,3)45(8,9)42-33-27-32(39)30(20-14-12-13-15-22-35(40)41-7)31(33)21-16-17-24-38(28-29-19-18-26-44-29)25-23-34(38)43-46(10,11)37(4,5)6/h12,14,16,18-19,21,26,30-31,33-34H,13,15,17,20,22-25,27-28H2,1-11H3/b14-12-,21-16+/t30-,31-,33-,34?,38?/m1/s1. The molecule has 46 heavy (non-hydrogen) atoms. The van der Waals surface area contributed by atoms with Crippen LogP contribution in [-0.4, -0.2) is 47.7 Å². The second-order valence-electron chi connectivity index (χ2n) is 16.9. The maximum absolute atomic E-state index is 13.5. The predicted octanol–water partition coefficient (Wildman–Crippen LogP) is 10.7. The zero-order chi connectivity index (χ0) is 34.4. The zero-order valence-electron chi connectivity index (χ0n) is 30.9. The van der Waals surface area contributed by atoms with Crippen LogP contribution in [0.5, 0.6) is 0 Å². The summed E-state index contributed by atoms with van der Waals surface area (Å²) in [5, 5.41) is 2.47. The van der Waals surface area contributed by atoms with E-state index in [9.17, 15) is 9.59 Å². The van der Waals surface area contributed by atoms with Crippen molar-refractivity contribution >= 4 is 39.7 Å². The van der Waals surface area contributed by atoms with E-state index in [2.05, 4.69) is 110 Å². The number of allylic oxidation sites excluding steroid dienone is 3. The lowest BCUT2D eigenvalue weighted by atomic mass is 9.61. The monoisotopic (exact) mass is 688 g/mol. The molecule has 1 aromatic heterocycles. The third-order valence-electron chi connectivity index (χ3n) is 11.6. The molecule has 0 spiro atoms. The molecule has 2 unspecified atom stereocenters. The molecule has 5 nitrogen and oxygen atoms in total. The first-order valence-electron chi connectivity index (χ1n) is 17.6. The first-order valence-corrected chi connectivity index (χ1v) is 24.3. The van der Waals surface area contributed by atoms with Crippen LogP contribution in [0.4, 0.5) is 0 Å². The number of ether oxygens (including phenoxy) is 1. The van der Waals surface area contributed by atoms with E-state index < -0.39 is 16.6 Å². The molecule has 2 saturated carbocycles. The van der Waals surface area contributed by atoms with Gasteiger partial charge >= 0.3 is 5.97 Å². The molecule has 0 saturated heterocycles. The van der Waals surface area contributed by atoms with E-state index in [0.717, 1.165) is 38.5 Å². The lowest BCUT2D eigenvalue weighted by Crippen LogP contribution is -2.55. The Bertz CT molecular complexity index is 1190. The molecule has 8 heteroatoms. The number of Topliss-reactive ketones (excluding diaryl/α,β-unsaturated/α-hetero) is 1. The second-order valence-corrected chi connectivity index (χ2v) is 27.5. The van der Waals surface area contributed by atoms with Crippen molar-refractivity contribution in [2.75, 3.05) is 7.11 Å². The van der Waals surface area contributed by atoms with Crippen LogP contribution in [0, 0.1) is 17.3 Å². The molecular formula is C38H64O5SSi2. The van der Waals surface area contributed by atoms with Crippen LogP contribution in [0.15, 0.2) is 41.8 Å². The summed E-state index contributed by atoms with van der Waals surface area (Å²) < 4.78 is 18.8. The number of hydrogen-bond acceptors (Lipinski definition) is 6.